The Labute approximate surface area is 180 Å². The van der Waals surface area contributed by atoms with Gasteiger partial charge >= 0.3 is 18.0 Å². The van der Waals surface area contributed by atoms with Gasteiger partial charge in [-0.2, -0.15) is 0 Å². The summed E-state index contributed by atoms with van der Waals surface area (Å²) in [6.07, 6.45) is -0.736. The lowest BCUT2D eigenvalue weighted by Gasteiger charge is -2.20. The lowest BCUT2D eigenvalue weighted by molar-refractivity contribution is 0.0454. The van der Waals surface area contributed by atoms with Crippen molar-refractivity contribution in [2.24, 2.45) is 0 Å². The molecular formula is C24H25NO6. The Hall–Kier alpha value is -3.61. The molecule has 1 aromatic heterocycles. The fraction of sp³-hybridized carbons (Fsp3) is 0.292. The van der Waals surface area contributed by atoms with Crippen LogP contribution < -0.4 is 0 Å². The number of carbonyl (C=O) groups is 3. The molecule has 7 nitrogen and oxygen atoms in total. The minimum absolute atomic E-state index is 0.0191. The second kappa shape index (κ2) is 9.04. The zero-order chi connectivity index (χ0) is 22.6. The third-order valence-electron chi connectivity index (χ3n) is 4.34. The molecule has 0 unspecified atom stereocenters. The summed E-state index contributed by atoms with van der Waals surface area (Å²) in [5.74, 6) is -1.25. The third-order valence-corrected chi connectivity index (χ3v) is 4.34. The molecule has 0 amide bonds. The van der Waals surface area contributed by atoms with E-state index in [0.717, 1.165) is 10.1 Å². The van der Waals surface area contributed by atoms with E-state index in [1.165, 1.54) is 6.07 Å². The first kappa shape index (κ1) is 22.1. The molecule has 0 aliphatic carbocycles. The van der Waals surface area contributed by atoms with Gasteiger partial charge in [-0.25, -0.2) is 19.0 Å². The van der Waals surface area contributed by atoms with E-state index in [-0.39, 0.29) is 24.5 Å². The molecule has 2 aromatic carbocycles. The molecule has 7 heteroatoms. The third kappa shape index (κ3) is 5.12. The van der Waals surface area contributed by atoms with Crippen LogP contribution in [0.3, 0.4) is 0 Å². The Kier molecular flexibility index (Phi) is 6.44. The van der Waals surface area contributed by atoms with E-state index in [9.17, 15) is 14.4 Å². The standard InChI is InChI=1S/C24H25NO6/c1-5-29-22(27)20-14-18-17(21(26)30-15-16-10-7-6-8-11-16)12-9-13-19(18)25(20)23(28)31-24(2,3)4/h6-14H,5,15H2,1-4H3. The van der Waals surface area contributed by atoms with Gasteiger partial charge < -0.3 is 14.2 Å². The highest BCUT2D eigenvalue weighted by Gasteiger charge is 2.27. The Morgan fingerprint density at radius 1 is 0.903 bits per heavy atom. The quantitative estimate of drug-likeness (QED) is 0.426. The predicted molar refractivity (Wildman–Crippen MR) is 115 cm³/mol. The molecule has 162 valence electrons. The van der Waals surface area contributed by atoms with Gasteiger partial charge in [0.1, 0.15) is 17.9 Å². The molecular weight excluding hydrogens is 398 g/mol. The molecule has 0 fully saturated rings. The second-order valence-corrected chi connectivity index (χ2v) is 7.87. The average molecular weight is 423 g/mol. The maximum Gasteiger partial charge on any atom is 0.419 e. The highest BCUT2D eigenvalue weighted by molar-refractivity contribution is 6.09. The molecule has 0 N–H and O–H groups in total. The number of esters is 2. The van der Waals surface area contributed by atoms with E-state index in [4.69, 9.17) is 14.2 Å². The van der Waals surface area contributed by atoms with Crippen LogP contribution in [-0.4, -0.2) is 34.8 Å². The summed E-state index contributed by atoms with van der Waals surface area (Å²) in [6.45, 7) is 7.10. The Balaban J connectivity index is 2.02. The zero-order valence-electron chi connectivity index (χ0n) is 18.0. The maximum absolute atomic E-state index is 12.9. The number of rotatable bonds is 5. The molecule has 0 spiro atoms. The fourth-order valence-electron chi connectivity index (χ4n) is 3.07. The Morgan fingerprint density at radius 3 is 2.26 bits per heavy atom. The van der Waals surface area contributed by atoms with Gasteiger partial charge in [0.05, 0.1) is 17.7 Å². The summed E-state index contributed by atoms with van der Waals surface area (Å²) in [4.78, 5) is 38.2. The molecule has 0 aliphatic heterocycles. The van der Waals surface area contributed by atoms with Crippen molar-refractivity contribution in [2.75, 3.05) is 6.61 Å². The summed E-state index contributed by atoms with van der Waals surface area (Å²) >= 11 is 0. The molecule has 0 saturated carbocycles. The molecule has 0 radical (unpaired) electrons. The van der Waals surface area contributed by atoms with Gasteiger partial charge in [-0.05, 0) is 51.5 Å². The van der Waals surface area contributed by atoms with Gasteiger partial charge in [-0.1, -0.05) is 36.4 Å². The van der Waals surface area contributed by atoms with Gasteiger partial charge in [0.15, 0.2) is 0 Å². The van der Waals surface area contributed by atoms with E-state index in [1.807, 2.05) is 30.3 Å². The van der Waals surface area contributed by atoms with E-state index >= 15 is 0 Å². The fourth-order valence-corrected chi connectivity index (χ4v) is 3.07. The van der Waals surface area contributed by atoms with Crippen molar-refractivity contribution in [3.8, 4) is 0 Å². The van der Waals surface area contributed by atoms with Crippen LogP contribution in [0, 0.1) is 0 Å². The smallest absolute Gasteiger partial charge is 0.419 e. The number of nitrogens with zero attached hydrogens (tertiary/aromatic N) is 1. The van der Waals surface area contributed by atoms with Crippen molar-refractivity contribution in [2.45, 2.75) is 39.9 Å². The minimum Gasteiger partial charge on any atom is -0.461 e. The number of hydrogen-bond donors (Lipinski definition) is 0. The minimum atomic E-state index is -0.772. The van der Waals surface area contributed by atoms with E-state index in [0.29, 0.717) is 10.9 Å². The Morgan fingerprint density at radius 2 is 1.61 bits per heavy atom. The van der Waals surface area contributed by atoms with Gasteiger partial charge in [0.2, 0.25) is 0 Å². The monoisotopic (exact) mass is 423 g/mol. The SMILES string of the molecule is CCOC(=O)c1cc2c(C(=O)OCc3ccccc3)cccc2n1C(=O)OC(C)(C)C. The maximum atomic E-state index is 12.9. The van der Waals surface area contributed by atoms with E-state index in [2.05, 4.69) is 0 Å². The van der Waals surface area contributed by atoms with Crippen molar-refractivity contribution >= 4 is 28.9 Å². The van der Waals surface area contributed by atoms with Crippen molar-refractivity contribution in [3.63, 3.8) is 0 Å². The van der Waals surface area contributed by atoms with Crippen LogP contribution in [0.4, 0.5) is 4.79 Å². The van der Waals surface area contributed by atoms with Gasteiger partial charge in [0.25, 0.3) is 0 Å². The highest BCUT2D eigenvalue weighted by Crippen LogP contribution is 2.26. The topological polar surface area (TPSA) is 83.8 Å². The first-order chi connectivity index (χ1) is 14.7. The summed E-state index contributed by atoms with van der Waals surface area (Å²) in [5.41, 5.74) is 0.648. The molecule has 31 heavy (non-hydrogen) atoms. The van der Waals surface area contributed by atoms with Crippen molar-refractivity contribution in [1.29, 1.82) is 0 Å². The average Bonchev–Trinajstić information content (AvgIpc) is 3.11. The molecule has 0 saturated heterocycles. The van der Waals surface area contributed by atoms with Crippen molar-refractivity contribution < 1.29 is 28.6 Å². The molecule has 0 atom stereocenters. The summed E-state index contributed by atoms with van der Waals surface area (Å²) in [5, 5.41) is 0.398. The second-order valence-electron chi connectivity index (χ2n) is 7.87. The molecule has 3 rings (SSSR count). The molecule has 1 heterocycles. The van der Waals surface area contributed by atoms with Crippen LogP contribution in [0.25, 0.3) is 10.9 Å². The largest absolute Gasteiger partial charge is 0.461 e. The van der Waals surface area contributed by atoms with Crippen LogP contribution in [0.15, 0.2) is 54.6 Å². The van der Waals surface area contributed by atoms with Gasteiger partial charge in [-0.15, -0.1) is 0 Å². The first-order valence-corrected chi connectivity index (χ1v) is 9.97. The molecule has 0 bridgehead atoms. The highest BCUT2D eigenvalue weighted by atomic mass is 16.6. The van der Waals surface area contributed by atoms with E-state index < -0.39 is 23.6 Å². The normalized spacial score (nSPS) is 11.2. The van der Waals surface area contributed by atoms with Crippen LogP contribution >= 0.6 is 0 Å². The lowest BCUT2D eigenvalue weighted by Crippen LogP contribution is -2.29. The zero-order valence-corrected chi connectivity index (χ0v) is 18.0. The molecule has 3 aromatic rings. The number of hydrogen-bond acceptors (Lipinski definition) is 6. The summed E-state index contributed by atoms with van der Waals surface area (Å²) < 4.78 is 17.1. The predicted octanol–water partition coefficient (Wildman–Crippen LogP) is 4.96. The number of benzene rings is 2. The summed E-state index contributed by atoms with van der Waals surface area (Å²) in [6, 6.07) is 15.6. The number of ether oxygens (including phenoxy) is 3. The first-order valence-electron chi connectivity index (χ1n) is 9.97. The van der Waals surface area contributed by atoms with Crippen LogP contribution in [0.1, 0.15) is 54.1 Å². The van der Waals surface area contributed by atoms with Gasteiger partial charge in [-0.3, -0.25) is 0 Å². The van der Waals surface area contributed by atoms with E-state index in [1.54, 1.807) is 45.9 Å². The van der Waals surface area contributed by atoms with Crippen LogP contribution in [0.5, 0.6) is 0 Å². The van der Waals surface area contributed by atoms with Crippen LogP contribution in [0.2, 0.25) is 0 Å². The summed E-state index contributed by atoms with van der Waals surface area (Å²) in [7, 11) is 0. The van der Waals surface area contributed by atoms with Gasteiger partial charge in [0, 0.05) is 5.39 Å². The van der Waals surface area contributed by atoms with Crippen LogP contribution in [-0.2, 0) is 20.8 Å². The number of fused-ring (bicyclic) bond motifs is 1. The lowest BCUT2D eigenvalue weighted by atomic mass is 10.1. The van der Waals surface area contributed by atoms with Crippen molar-refractivity contribution in [1.82, 2.24) is 4.57 Å². The Bertz CT molecular complexity index is 1110. The van der Waals surface area contributed by atoms with Crippen molar-refractivity contribution in [3.05, 3.63) is 71.4 Å². The molecule has 0 aliphatic rings. The number of aromatic nitrogens is 1. The number of carbonyl (C=O) groups excluding carboxylic acids is 3.